The summed E-state index contributed by atoms with van der Waals surface area (Å²) < 4.78 is 0. The van der Waals surface area contributed by atoms with Gasteiger partial charge in [-0.25, -0.2) is 0 Å². The van der Waals surface area contributed by atoms with Gasteiger partial charge in [0.1, 0.15) is 5.03 Å². The Kier molecular flexibility index (Phi) is 3.73. The van der Waals surface area contributed by atoms with Crippen molar-refractivity contribution >= 4 is 11.8 Å². The molecule has 0 aliphatic carbocycles. The highest BCUT2D eigenvalue weighted by Gasteiger charge is 2.03. The smallest absolute Gasteiger partial charge is 0.120 e. The van der Waals surface area contributed by atoms with Crippen molar-refractivity contribution in [2.45, 2.75) is 11.9 Å². The van der Waals surface area contributed by atoms with Gasteiger partial charge >= 0.3 is 0 Å². The van der Waals surface area contributed by atoms with Gasteiger partial charge in [0.15, 0.2) is 0 Å². The maximum atomic E-state index is 8.48. The molecule has 0 aliphatic heterocycles. The first kappa shape index (κ1) is 11.6. The molecule has 2 aromatic rings. The van der Waals surface area contributed by atoms with Crippen LogP contribution in [-0.4, -0.2) is 16.0 Å². The van der Waals surface area contributed by atoms with Crippen molar-refractivity contribution in [1.29, 1.82) is 5.26 Å². The maximum absolute atomic E-state index is 8.48. The molecule has 0 atom stereocenters. The molecule has 3 nitrogen and oxygen atoms in total. The van der Waals surface area contributed by atoms with Crippen LogP contribution in [-0.2, 0) is 0 Å². The zero-order valence-electron chi connectivity index (χ0n) is 9.42. The van der Waals surface area contributed by atoms with Crippen molar-refractivity contribution in [3.63, 3.8) is 0 Å². The molecule has 1 heterocycles. The minimum atomic E-state index is 0.401. The number of benzene rings is 1. The molecule has 84 valence electrons. The third kappa shape index (κ3) is 2.83. The topological polar surface area (TPSA) is 49.6 Å². The summed E-state index contributed by atoms with van der Waals surface area (Å²) in [4.78, 5) is 0. The lowest BCUT2D eigenvalue weighted by atomic mass is 10.1. The highest BCUT2D eigenvalue weighted by molar-refractivity contribution is 7.99. The van der Waals surface area contributed by atoms with Gasteiger partial charge in [-0.1, -0.05) is 36.0 Å². The van der Waals surface area contributed by atoms with E-state index >= 15 is 0 Å². The lowest BCUT2D eigenvalue weighted by molar-refractivity contribution is 0.936. The number of aryl methyl sites for hydroxylation is 1. The summed E-state index contributed by atoms with van der Waals surface area (Å²) >= 11 is 1.39. The van der Waals surface area contributed by atoms with Gasteiger partial charge in [0.05, 0.1) is 17.5 Å². The summed E-state index contributed by atoms with van der Waals surface area (Å²) in [7, 11) is 0. The molecular formula is C13H11N3S. The third-order valence-corrected chi connectivity index (χ3v) is 3.13. The van der Waals surface area contributed by atoms with E-state index in [2.05, 4.69) is 29.3 Å². The Morgan fingerprint density at radius 2 is 2.00 bits per heavy atom. The van der Waals surface area contributed by atoms with E-state index in [0.717, 1.165) is 16.3 Å². The summed E-state index contributed by atoms with van der Waals surface area (Å²) in [6.07, 6.45) is 0. The summed E-state index contributed by atoms with van der Waals surface area (Å²) in [5.41, 5.74) is 3.14. The predicted octanol–water partition coefficient (Wildman–Crippen LogP) is 3.07. The van der Waals surface area contributed by atoms with E-state index in [-0.39, 0.29) is 0 Å². The van der Waals surface area contributed by atoms with E-state index < -0.39 is 0 Å². The Bertz CT molecular complexity index is 543. The highest BCUT2D eigenvalue weighted by atomic mass is 32.2. The number of aromatic nitrogens is 2. The molecule has 0 N–H and O–H groups in total. The lowest BCUT2D eigenvalue weighted by Gasteiger charge is -2.04. The van der Waals surface area contributed by atoms with Crippen LogP contribution in [0.1, 0.15) is 5.56 Å². The molecule has 2 rings (SSSR count). The third-order valence-electron chi connectivity index (χ3n) is 2.35. The summed E-state index contributed by atoms with van der Waals surface area (Å²) in [6, 6.07) is 14.0. The molecule has 0 spiro atoms. The molecule has 1 aromatic heterocycles. The molecule has 0 radical (unpaired) electrons. The Balaban J connectivity index is 2.24. The molecule has 4 heteroatoms. The predicted molar refractivity (Wildman–Crippen MR) is 68.5 cm³/mol. The summed E-state index contributed by atoms with van der Waals surface area (Å²) in [5, 5.41) is 17.5. The van der Waals surface area contributed by atoms with Gasteiger partial charge in [-0.3, -0.25) is 0 Å². The van der Waals surface area contributed by atoms with Crippen molar-refractivity contribution in [1.82, 2.24) is 10.2 Å². The van der Waals surface area contributed by atoms with Crippen molar-refractivity contribution in [3.05, 3.63) is 42.0 Å². The molecule has 0 amide bonds. The van der Waals surface area contributed by atoms with Gasteiger partial charge in [0.2, 0.25) is 0 Å². The standard InChI is InChI=1S/C13H11N3S/c1-10-4-2-3-5-11(10)12-6-7-13(16-15-12)17-9-8-14/h2-7H,9H2,1H3. The zero-order chi connectivity index (χ0) is 12.1. The summed E-state index contributed by atoms with van der Waals surface area (Å²) in [5.74, 6) is 0.401. The lowest BCUT2D eigenvalue weighted by Crippen LogP contribution is -1.91. The van der Waals surface area contributed by atoms with Gasteiger partial charge in [0.25, 0.3) is 0 Å². The van der Waals surface area contributed by atoms with Crippen LogP contribution in [0.25, 0.3) is 11.3 Å². The Labute approximate surface area is 105 Å². The number of rotatable bonds is 3. The van der Waals surface area contributed by atoms with E-state index in [9.17, 15) is 0 Å². The van der Waals surface area contributed by atoms with Crippen molar-refractivity contribution in [3.8, 4) is 17.3 Å². The normalized spacial score (nSPS) is 9.88. The monoisotopic (exact) mass is 241 g/mol. The zero-order valence-corrected chi connectivity index (χ0v) is 10.2. The first-order chi connectivity index (χ1) is 8.31. The number of nitriles is 1. The SMILES string of the molecule is Cc1ccccc1-c1ccc(SCC#N)nn1. The van der Waals surface area contributed by atoms with Crippen LogP contribution >= 0.6 is 11.8 Å². The minimum absolute atomic E-state index is 0.401. The molecule has 1 aromatic carbocycles. The Morgan fingerprint density at radius 1 is 1.18 bits per heavy atom. The highest BCUT2D eigenvalue weighted by Crippen LogP contribution is 2.22. The number of nitrogens with zero attached hydrogens (tertiary/aromatic N) is 3. The van der Waals surface area contributed by atoms with E-state index in [0.29, 0.717) is 5.75 Å². The molecule has 0 saturated heterocycles. The second-order valence-corrected chi connectivity index (χ2v) is 4.51. The molecule has 0 saturated carbocycles. The van der Waals surface area contributed by atoms with E-state index in [4.69, 9.17) is 5.26 Å². The average Bonchev–Trinajstić information content (AvgIpc) is 2.38. The van der Waals surface area contributed by atoms with E-state index in [1.165, 1.54) is 17.3 Å². The maximum Gasteiger partial charge on any atom is 0.120 e. The van der Waals surface area contributed by atoms with Crippen LogP contribution in [0.2, 0.25) is 0 Å². The quantitative estimate of drug-likeness (QED) is 0.775. The van der Waals surface area contributed by atoms with Crippen molar-refractivity contribution in [2.75, 3.05) is 5.75 Å². The fourth-order valence-electron chi connectivity index (χ4n) is 1.51. The fourth-order valence-corrected chi connectivity index (χ4v) is 1.98. The van der Waals surface area contributed by atoms with Gasteiger partial charge in [0, 0.05) is 5.56 Å². The molecule has 0 unspecified atom stereocenters. The van der Waals surface area contributed by atoms with Gasteiger partial charge in [-0.05, 0) is 24.6 Å². The van der Waals surface area contributed by atoms with Crippen LogP contribution in [0.5, 0.6) is 0 Å². The minimum Gasteiger partial charge on any atom is -0.197 e. The molecule has 0 bridgehead atoms. The van der Waals surface area contributed by atoms with E-state index in [1.54, 1.807) is 0 Å². The van der Waals surface area contributed by atoms with E-state index in [1.807, 2.05) is 30.3 Å². The van der Waals surface area contributed by atoms with Gasteiger partial charge < -0.3 is 0 Å². The van der Waals surface area contributed by atoms with Gasteiger partial charge in [-0.15, -0.1) is 10.2 Å². The molecule has 17 heavy (non-hydrogen) atoms. The van der Waals surface area contributed by atoms with Crippen molar-refractivity contribution in [2.24, 2.45) is 0 Å². The van der Waals surface area contributed by atoms with Crippen LogP contribution < -0.4 is 0 Å². The van der Waals surface area contributed by atoms with Crippen LogP contribution in [0.15, 0.2) is 41.4 Å². The Hall–Kier alpha value is -1.86. The first-order valence-electron chi connectivity index (χ1n) is 5.21. The Morgan fingerprint density at radius 3 is 2.65 bits per heavy atom. The van der Waals surface area contributed by atoms with Crippen LogP contribution in [0.3, 0.4) is 0 Å². The largest absolute Gasteiger partial charge is 0.197 e. The summed E-state index contributed by atoms with van der Waals surface area (Å²) in [6.45, 7) is 2.05. The van der Waals surface area contributed by atoms with Gasteiger partial charge in [-0.2, -0.15) is 5.26 Å². The number of thioether (sulfide) groups is 1. The second-order valence-electron chi connectivity index (χ2n) is 3.52. The molecule has 0 fully saturated rings. The number of hydrogen-bond donors (Lipinski definition) is 0. The second kappa shape index (κ2) is 5.46. The number of hydrogen-bond acceptors (Lipinski definition) is 4. The molecular weight excluding hydrogens is 230 g/mol. The van der Waals surface area contributed by atoms with Crippen LogP contribution in [0.4, 0.5) is 0 Å². The average molecular weight is 241 g/mol. The van der Waals surface area contributed by atoms with Crippen molar-refractivity contribution < 1.29 is 0 Å². The fraction of sp³-hybridized carbons (Fsp3) is 0.154. The first-order valence-corrected chi connectivity index (χ1v) is 6.19. The van der Waals surface area contributed by atoms with Crippen LogP contribution in [0, 0.1) is 18.3 Å². The molecule has 0 aliphatic rings.